The van der Waals surface area contributed by atoms with Crippen molar-refractivity contribution in [3.05, 3.63) is 29.8 Å². The van der Waals surface area contributed by atoms with Gasteiger partial charge in [-0.3, -0.25) is 4.79 Å². The number of hydrogen-bond acceptors (Lipinski definition) is 3. The third-order valence-electron chi connectivity index (χ3n) is 3.70. The number of carbonyl (C=O) groups is 1. The zero-order valence-electron chi connectivity index (χ0n) is 12.7. The maximum absolute atomic E-state index is 12.0. The Balaban J connectivity index is 0.00000220. The van der Waals surface area contributed by atoms with E-state index in [1.54, 1.807) is 0 Å². The SMILES string of the molecule is CCC(C)Oc1ccc(C(=O)NCC2CCCN2)cc1.Cl. The molecular formula is C16H25ClN2O2. The van der Waals surface area contributed by atoms with Gasteiger partial charge in [-0.15, -0.1) is 12.4 Å². The lowest BCUT2D eigenvalue weighted by Gasteiger charge is -2.13. The predicted octanol–water partition coefficient (Wildman–Crippen LogP) is 2.77. The molecular weight excluding hydrogens is 288 g/mol. The molecule has 1 aliphatic heterocycles. The quantitative estimate of drug-likeness (QED) is 0.849. The molecule has 1 aromatic carbocycles. The van der Waals surface area contributed by atoms with Gasteiger partial charge in [0.25, 0.3) is 5.91 Å². The topological polar surface area (TPSA) is 50.4 Å². The Morgan fingerprint density at radius 1 is 1.43 bits per heavy atom. The van der Waals surface area contributed by atoms with E-state index in [2.05, 4.69) is 17.6 Å². The molecule has 2 atom stereocenters. The Morgan fingerprint density at radius 2 is 2.14 bits per heavy atom. The molecule has 1 aliphatic rings. The van der Waals surface area contributed by atoms with Crippen LogP contribution in [-0.2, 0) is 0 Å². The molecule has 2 N–H and O–H groups in total. The summed E-state index contributed by atoms with van der Waals surface area (Å²) in [5.41, 5.74) is 0.680. The molecule has 0 bridgehead atoms. The summed E-state index contributed by atoms with van der Waals surface area (Å²) >= 11 is 0. The van der Waals surface area contributed by atoms with Crippen molar-refractivity contribution >= 4 is 18.3 Å². The van der Waals surface area contributed by atoms with Crippen molar-refractivity contribution < 1.29 is 9.53 Å². The minimum atomic E-state index is -0.0196. The maximum atomic E-state index is 12.0. The molecule has 118 valence electrons. The van der Waals surface area contributed by atoms with Gasteiger partial charge in [-0.2, -0.15) is 0 Å². The molecule has 0 aliphatic carbocycles. The number of ether oxygens (including phenoxy) is 1. The van der Waals surface area contributed by atoms with E-state index in [4.69, 9.17) is 4.74 Å². The smallest absolute Gasteiger partial charge is 0.251 e. The normalized spacial score (nSPS) is 18.7. The first-order chi connectivity index (χ1) is 9.69. The van der Waals surface area contributed by atoms with Crippen molar-refractivity contribution in [2.75, 3.05) is 13.1 Å². The van der Waals surface area contributed by atoms with Crippen LogP contribution in [0.3, 0.4) is 0 Å². The summed E-state index contributed by atoms with van der Waals surface area (Å²) in [6.45, 7) is 5.88. The van der Waals surface area contributed by atoms with Crippen molar-refractivity contribution in [2.24, 2.45) is 0 Å². The third kappa shape index (κ3) is 5.56. The first-order valence-electron chi connectivity index (χ1n) is 7.47. The Kier molecular flexibility index (Phi) is 7.54. The Morgan fingerprint density at radius 3 is 2.71 bits per heavy atom. The van der Waals surface area contributed by atoms with Crippen LogP contribution < -0.4 is 15.4 Å². The monoisotopic (exact) mass is 312 g/mol. The van der Waals surface area contributed by atoms with Gasteiger partial charge in [0.1, 0.15) is 5.75 Å². The van der Waals surface area contributed by atoms with Gasteiger partial charge in [-0.25, -0.2) is 0 Å². The summed E-state index contributed by atoms with van der Waals surface area (Å²) in [6.07, 6.45) is 3.50. The van der Waals surface area contributed by atoms with E-state index in [1.807, 2.05) is 31.2 Å². The highest BCUT2D eigenvalue weighted by atomic mass is 35.5. The Labute approximate surface area is 133 Å². The lowest BCUT2D eigenvalue weighted by atomic mass is 10.2. The van der Waals surface area contributed by atoms with Crippen LogP contribution in [0.1, 0.15) is 43.5 Å². The van der Waals surface area contributed by atoms with Gasteiger partial charge in [-0.05, 0) is 57.0 Å². The predicted molar refractivity (Wildman–Crippen MR) is 87.4 cm³/mol. The number of nitrogens with one attached hydrogen (secondary N) is 2. The van der Waals surface area contributed by atoms with Crippen LogP contribution in [0.25, 0.3) is 0 Å². The van der Waals surface area contributed by atoms with E-state index in [-0.39, 0.29) is 24.4 Å². The van der Waals surface area contributed by atoms with E-state index in [0.717, 1.165) is 25.1 Å². The summed E-state index contributed by atoms with van der Waals surface area (Å²) in [5.74, 6) is 0.794. The van der Waals surface area contributed by atoms with Gasteiger partial charge in [0.15, 0.2) is 0 Å². The summed E-state index contributed by atoms with van der Waals surface area (Å²) in [4.78, 5) is 12.0. The van der Waals surface area contributed by atoms with E-state index in [9.17, 15) is 4.79 Å². The number of rotatable bonds is 6. The van der Waals surface area contributed by atoms with Crippen molar-refractivity contribution in [2.45, 2.75) is 45.3 Å². The molecule has 0 aromatic heterocycles. The van der Waals surface area contributed by atoms with E-state index < -0.39 is 0 Å². The second-order valence-electron chi connectivity index (χ2n) is 5.36. The van der Waals surface area contributed by atoms with Crippen LogP contribution in [0.2, 0.25) is 0 Å². The minimum Gasteiger partial charge on any atom is -0.491 e. The van der Waals surface area contributed by atoms with Crippen molar-refractivity contribution in [3.8, 4) is 5.75 Å². The summed E-state index contributed by atoms with van der Waals surface area (Å²) < 4.78 is 5.70. The standard InChI is InChI=1S/C16H24N2O2.ClH/c1-3-12(2)20-15-8-6-13(7-9-15)16(19)18-11-14-5-4-10-17-14;/h6-9,12,14,17H,3-5,10-11H2,1-2H3,(H,18,19);1H. The molecule has 0 spiro atoms. The van der Waals surface area contributed by atoms with Gasteiger partial charge >= 0.3 is 0 Å². The first kappa shape index (κ1) is 17.8. The van der Waals surface area contributed by atoms with Crippen LogP contribution >= 0.6 is 12.4 Å². The molecule has 4 nitrogen and oxygen atoms in total. The number of hydrogen-bond donors (Lipinski definition) is 2. The van der Waals surface area contributed by atoms with Gasteiger partial charge in [0.05, 0.1) is 6.10 Å². The summed E-state index contributed by atoms with van der Waals surface area (Å²) in [7, 11) is 0. The highest BCUT2D eigenvalue weighted by Gasteiger charge is 2.15. The molecule has 1 aromatic rings. The zero-order valence-corrected chi connectivity index (χ0v) is 13.5. The molecule has 2 unspecified atom stereocenters. The average molecular weight is 313 g/mol. The average Bonchev–Trinajstić information content (AvgIpc) is 2.98. The first-order valence-corrected chi connectivity index (χ1v) is 7.47. The second-order valence-corrected chi connectivity index (χ2v) is 5.36. The van der Waals surface area contributed by atoms with Crippen LogP contribution in [0.5, 0.6) is 5.75 Å². The molecule has 0 saturated carbocycles. The zero-order chi connectivity index (χ0) is 14.4. The van der Waals surface area contributed by atoms with Crippen LogP contribution in [0, 0.1) is 0 Å². The largest absolute Gasteiger partial charge is 0.491 e. The fourth-order valence-corrected chi connectivity index (χ4v) is 2.25. The second kappa shape index (κ2) is 8.90. The maximum Gasteiger partial charge on any atom is 0.251 e. The third-order valence-corrected chi connectivity index (χ3v) is 3.70. The van der Waals surface area contributed by atoms with Crippen LogP contribution in [0.15, 0.2) is 24.3 Å². The lowest BCUT2D eigenvalue weighted by molar-refractivity contribution is 0.0950. The molecule has 1 heterocycles. The number of benzene rings is 1. The molecule has 1 fully saturated rings. The van der Waals surface area contributed by atoms with E-state index >= 15 is 0 Å². The number of carbonyl (C=O) groups excluding carboxylic acids is 1. The van der Waals surface area contributed by atoms with Gasteiger partial charge in [0, 0.05) is 18.2 Å². The van der Waals surface area contributed by atoms with Gasteiger partial charge < -0.3 is 15.4 Å². The molecule has 5 heteroatoms. The fourth-order valence-electron chi connectivity index (χ4n) is 2.25. The number of halogens is 1. The van der Waals surface area contributed by atoms with Crippen molar-refractivity contribution in [1.82, 2.24) is 10.6 Å². The molecule has 21 heavy (non-hydrogen) atoms. The van der Waals surface area contributed by atoms with Crippen molar-refractivity contribution in [3.63, 3.8) is 0 Å². The van der Waals surface area contributed by atoms with Crippen molar-refractivity contribution in [1.29, 1.82) is 0 Å². The number of amides is 1. The highest BCUT2D eigenvalue weighted by Crippen LogP contribution is 2.15. The summed E-state index contributed by atoms with van der Waals surface area (Å²) in [5, 5.41) is 6.34. The van der Waals surface area contributed by atoms with Gasteiger partial charge in [0.2, 0.25) is 0 Å². The van der Waals surface area contributed by atoms with Crippen LogP contribution in [-0.4, -0.2) is 31.1 Å². The lowest BCUT2D eigenvalue weighted by Crippen LogP contribution is -2.37. The van der Waals surface area contributed by atoms with Crippen LogP contribution in [0.4, 0.5) is 0 Å². The molecule has 2 rings (SSSR count). The van der Waals surface area contributed by atoms with E-state index in [0.29, 0.717) is 18.2 Å². The summed E-state index contributed by atoms with van der Waals surface area (Å²) in [6, 6.07) is 7.76. The highest BCUT2D eigenvalue weighted by molar-refractivity contribution is 5.94. The molecule has 0 radical (unpaired) electrons. The minimum absolute atomic E-state index is 0. The molecule has 1 amide bonds. The van der Waals surface area contributed by atoms with Gasteiger partial charge in [-0.1, -0.05) is 6.92 Å². The fraction of sp³-hybridized carbons (Fsp3) is 0.562. The van der Waals surface area contributed by atoms with E-state index in [1.165, 1.54) is 6.42 Å². The Hall–Kier alpha value is -1.26. The molecule has 1 saturated heterocycles. The Bertz CT molecular complexity index is 430.